The minimum absolute atomic E-state index is 0.303. The van der Waals surface area contributed by atoms with Crippen LogP contribution in [0.1, 0.15) is 5.56 Å². The van der Waals surface area contributed by atoms with E-state index in [9.17, 15) is 13.2 Å². The average Bonchev–Trinajstić information content (AvgIpc) is 2.68. The molecule has 27 heavy (non-hydrogen) atoms. The quantitative estimate of drug-likeness (QED) is 0.480. The van der Waals surface area contributed by atoms with E-state index < -0.39 is 11.7 Å². The molecule has 6 heteroatoms. The van der Waals surface area contributed by atoms with Gasteiger partial charge in [0.15, 0.2) is 5.82 Å². The van der Waals surface area contributed by atoms with Crippen LogP contribution in [0.2, 0.25) is 0 Å². The van der Waals surface area contributed by atoms with Gasteiger partial charge in [0, 0.05) is 22.0 Å². The zero-order valence-electron chi connectivity index (χ0n) is 14.0. The highest BCUT2D eigenvalue weighted by Gasteiger charge is 2.30. The van der Waals surface area contributed by atoms with Crippen molar-refractivity contribution in [3.8, 4) is 11.3 Å². The number of halogens is 3. The Hall–Kier alpha value is -3.41. The number of fused-ring (bicyclic) bond motifs is 1. The van der Waals surface area contributed by atoms with Crippen LogP contribution in [0.25, 0.3) is 22.0 Å². The lowest BCUT2D eigenvalue weighted by Gasteiger charge is -2.13. The third-order valence-corrected chi connectivity index (χ3v) is 4.19. The molecular weight excluding hydrogens is 351 g/mol. The van der Waals surface area contributed by atoms with Gasteiger partial charge >= 0.3 is 6.18 Å². The number of hydrogen-bond donors (Lipinski definition) is 1. The maximum absolute atomic E-state index is 12.9. The van der Waals surface area contributed by atoms with E-state index in [1.807, 2.05) is 54.6 Å². The van der Waals surface area contributed by atoms with Crippen LogP contribution in [0.5, 0.6) is 0 Å². The summed E-state index contributed by atoms with van der Waals surface area (Å²) < 4.78 is 38.8. The van der Waals surface area contributed by atoms with Crippen LogP contribution in [0.15, 0.2) is 78.9 Å². The van der Waals surface area contributed by atoms with Gasteiger partial charge in [0.05, 0.1) is 5.56 Å². The van der Waals surface area contributed by atoms with Gasteiger partial charge < -0.3 is 5.32 Å². The first-order valence-corrected chi connectivity index (χ1v) is 8.27. The van der Waals surface area contributed by atoms with Crippen molar-refractivity contribution in [1.29, 1.82) is 0 Å². The lowest BCUT2D eigenvalue weighted by atomic mass is 10.0. The normalized spacial score (nSPS) is 11.5. The molecule has 3 aromatic carbocycles. The highest BCUT2D eigenvalue weighted by molar-refractivity contribution is 6.00. The maximum Gasteiger partial charge on any atom is 0.416 e. The van der Waals surface area contributed by atoms with Crippen molar-refractivity contribution in [2.75, 3.05) is 5.32 Å². The van der Waals surface area contributed by atoms with Crippen LogP contribution in [0, 0.1) is 0 Å². The molecule has 134 valence electrons. The summed E-state index contributed by atoms with van der Waals surface area (Å²) in [7, 11) is 0. The second-order valence-electron chi connectivity index (χ2n) is 6.01. The van der Waals surface area contributed by atoms with Gasteiger partial charge in [-0.1, -0.05) is 60.7 Å². The molecule has 0 radical (unpaired) electrons. The van der Waals surface area contributed by atoms with Gasteiger partial charge in [-0.05, 0) is 18.2 Å². The van der Waals surface area contributed by atoms with Crippen molar-refractivity contribution in [2.45, 2.75) is 6.18 Å². The minimum Gasteiger partial charge on any atom is -0.338 e. The Morgan fingerprint density at radius 2 is 1.41 bits per heavy atom. The van der Waals surface area contributed by atoms with Gasteiger partial charge in [-0.3, -0.25) is 0 Å². The SMILES string of the molecule is FC(F)(F)c1cccc(Nc2nnc(-c3ccccc3)c3ccccc23)c1. The summed E-state index contributed by atoms with van der Waals surface area (Å²) in [6.07, 6.45) is -4.40. The number of nitrogens with zero attached hydrogens (tertiary/aromatic N) is 2. The summed E-state index contributed by atoms with van der Waals surface area (Å²) in [5.74, 6) is 0.407. The van der Waals surface area contributed by atoms with Gasteiger partial charge in [-0.25, -0.2) is 0 Å². The molecule has 0 saturated carbocycles. The molecule has 4 rings (SSSR count). The standard InChI is InChI=1S/C21H14F3N3/c22-21(23,24)15-9-6-10-16(13-15)25-20-18-12-5-4-11-17(18)19(26-27-20)14-7-2-1-3-8-14/h1-13H,(H,25,27). The molecule has 0 aliphatic carbocycles. The number of benzene rings is 3. The summed E-state index contributed by atoms with van der Waals surface area (Å²) in [6, 6.07) is 22.2. The van der Waals surface area contributed by atoms with Crippen molar-refractivity contribution in [3.63, 3.8) is 0 Å². The molecule has 0 bridgehead atoms. The molecule has 4 aromatic rings. The molecule has 0 saturated heterocycles. The van der Waals surface area contributed by atoms with Crippen molar-refractivity contribution in [3.05, 3.63) is 84.4 Å². The Morgan fingerprint density at radius 3 is 2.15 bits per heavy atom. The largest absolute Gasteiger partial charge is 0.416 e. The van der Waals surface area contributed by atoms with Crippen LogP contribution in [0.4, 0.5) is 24.7 Å². The fourth-order valence-electron chi connectivity index (χ4n) is 2.92. The predicted octanol–water partition coefficient (Wildman–Crippen LogP) is 6.06. The molecule has 3 nitrogen and oxygen atoms in total. The van der Waals surface area contributed by atoms with Crippen LogP contribution in [0.3, 0.4) is 0 Å². The Bertz CT molecular complexity index is 1090. The van der Waals surface area contributed by atoms with E-state index in [2.05, 4.69) is 15.5 Å². The van der Waals surface area contributed by atoms with Gasteiger partial charge in [0.1, 0.15) is 5.69 Å². The lowest BCUT2D eigenvalue weighted by molar-refractivity contribution is -0.137. The summed E-state index contributed by atoms with van der Waals surface area (Å²) in [4.78, 5) is 0. The molecule has 0 unspecified atom stereocenters. The van der Waals surface area contributed by atoms with Crippen LogP contribution < -0.4 is 5.32 Å². The van der Waals surface area contributed by atoms with E-state index in [1.54, 1.807) is 6.07 Å². The highest BCUT2D eigenvalue weighted by Crippen LogP contribution is 2.33. The monoisotopic (exact) mass is 365 g/mol. The predicted molar refractivity (Wildman–Crippen MR) is 99.7 cm³/mol. The topological polar surface area (TPSA) is 37.8 Å². The van der Waals surface area contributed by atoms with Gasteiger partial charge in [-0.2, -0.15) is 13.2 Å². The number of alkyl halides is 3. The Labute approximate surface area is 153 Å². The van der Waals surface area contributed by atoms with E-state index >= 15 is 0 Å². The molecule has 0 amide bonds. The molecule has 0 atom stereocenters. The number of nitrogens with one attached hydrogen (secondary N) is 1. The van der Waals surface area contributed by atoms with E-state index in [0.717, 1.165) is 34.2 Å². The smallest absolute Gasteiger partial charge is 0.338 e. The molecule has 1 aromatic heterocycles. The van der Waals surface area contributed by atoms with E-state index in [4.69, 9.17) is 0 Å². The molecule has 0 aliphatic rings. The van der Waals surface area contributed by atoms with Gasteiger partial charge in [0.25, 0.3) is 0 Å². The van der Waals surface area contributed by atoms with Crippen molar-refractivity contribution in [1.82, 2.24) is 10.2 Å². The van der Waals surface area contributed by atoms with Crippen molar-refractivity contribution < 1.29 is 13.2 Å². The molecule has 0 spiro atoms. The summed E-state index contributed by atoms with van der Waals surface area (Å²) in [5.41, 5.74) is 1.23. The third kappa shape index (κ3) is 3.46. The van der Waals surface area contributed by atoms with Gasteiger partial charge in [-0.15, -0.1) is 10.2 Å². The third-order valence-electron chi connectivity index (χ3n) is 4.19. The number of aromatic nitrogens is 2. The first kappa shape index (κ1) is 17.0. The number of anilines is 2. The summed E-state index contributed by atoms with van der Waals surface area (Å²) in [5, 5.41) is 13.2. The van der Waals surface area contributed by atoms with E-state index in [0.29, 0.717) is 11.5 Å². The number of rotatable bonds is 3. The maximum atomic E-state index is 12.9. The first-order chi connectivity index (χ1) is 13.0. The molecule has 0 fully saturated rings. The van der Waals surface area contributed by atoms with Crippen LogP contribution >= 0.6 is 0 Å². The Balaban J connectivity index is 1.78. The average molecular weight is 365 g/mol. The summed E-state index contributed by atoms with van der Waals surface area (Å²) in [6.45, 7) is 0. The fraction of sp³-hybridized carbons (Fsp3) is 0.0476. The van der Waals surface area contributed by atoms with Crippen molar-refractivity contribution in [2.24, 2.45) is 0 Å². The minimum atomic E-state index is -4.40. The Morgan fingerprint density at radius 1 is 0.704 bits per heavy atom. The molecule has 1 N–H and O–H groups in total. The summed E-state index contributed by atoms with van der Waals surface area (Å²) >= 11 is 0. The zero-order valence-corrected chi connectivity index (χ0v) is 14.0. The van der Waals surface area contributed by atoms with Crippen LogP contribution in [-0.4, -0.2) is 10.2 Å². The fourth-order valence-corrected chi connectivity index (χ4v) is 2.92. The highest BCUT2D eigenvalue weighted by atomic mass is 19.4. The van der Waals surface area contributed by atoms with E-state index in [-0.39, 0.29) is 0 Å². The van der Waals surface area contributed by atoms with Crippen LogP contribution in [-0.2, 0) is 6.18 Å². The first-order valence-electron chi connectivity index (χ1n) is 8.27. The molecular formula is C21H14F3N3. The lowest BCUT2D eigenvalue weighted by Crippen LogP contribution is -2.05. The Kier molecular flexibility index (Phi) is 4.24. The van der Waals surface area contributed by atoms with Crippen molar-refractivity contribution >= 4 is 22.3 Å². The second kappa shape index (κ2) is 6.72. The van der Waals surface area contributed by atoms with Gasteiger partial charge in [0.2, 0.25) is 0 Å². The molecule has 1 heterocycles. The second-order valence-corrected chi connectivity index (χ2v) is 6.01. The van der Waals surface area contributed by atoms with E-state index in [1.165, 1.54) is 6.07 Å². The molecule has 0 aliphatic heterocycles. The number of hydrogen-bond acceptors (Lipinski definition) is 3. The zero-order chi connectivity index (χ0) is 18.9.